The van der Waals surface area contributed by atoms with Crippen molar-refractivity contribution in [3.05, 3.63) is 0 Å². The second kappa shape index (κ2) is 8.08. The maximum absolute atomic E-state index is 5.67. The molecule has 2 rings (SSSR count). The van der Waals surface area contributed by atoms with Crippen LogP contribution in [0.3, 0.4) is 0 Å². The van der Waals surface area contributed by atoms with E-state index in [2.05, 4.69) is 31.1 Å². The van der Waals surface area contributed by atoms with Crippen LogP contribution < -0.4 is 5.32 Å². The first kappa shape index (κ1) is 14.9. The van der Waals surface area contributed by atoms with E-state index in [0.29, 0.717) is 0 Å². The molecule has 0 radical (unpaired) electrons. The lowest BCUT2D eigenvalue weighted by molar-refractivity contribution is -0.130. The van der Waals surface area contributed by atoms with Crippen LogP contribution in [0.25, 0.3) is 0 Å². The van der Waals surface area contributed by atoms with Crippen LogP contribution in [0, 0.1) is 0 Å². The van der Waals surface area contributed by atoms with Gasteiger partial charge in [-0.2, -0.15) is 0 Å². The predicted octanol–water partition coefficient (Wildman–Crippen LogP) is 1.73. The van der Waals surface area contributed by atoms with Crippen molar-refractivity contribution in [1.82, 2.24) is 10.2 Å². The minimum absolute atomic E-state index is 0.188. The lowest BCUT2D eigenvalue weighted by Crippen LogP contribution is -2.68. The van der Waals surface area contributed by atoms with Gasteiger partial charge in [0.1, 0.15) is 5.60 Å². The molecule has 0 aliphatic carbocycles. The molecule has 2 fully saturated rings. The maximum atomic E-state index is 5.67. The highest BCUT2D eigenvalue weighted by Gasteiger charge is 2.40. The van der Waals surface area contributed by atoms with Crippen LogP contribution in [-0.2, 0) is 4.74 Å². The van der Waals surface area contributed by atoms with E-state index in [0.717, 1.165) is 32.8 Å². The van der Waals surface area contributed by atoms with Crippen molar-refractivity contribution in [3.8, 4) is 0 Å². The first-order valence-electron chi connectivity index (χ1n) is 6.25. The molecule has 2 saturated heterocycles. The molecule has 15 heavy (non-hydrogen) atoms. The largest absolute Gasteiger partial charge is 0.370 e. The van der Waals surface area contributed by atoms with E-state index in [-0.39, 0.29) is 5.60 Å². The van der Waals surface area contributed by atoms with Crippen LogP contribution in [0.15, 0.2) is 0 Å². The van der Waals surface area contributed by atoms with Gasteiger partial charge in [0.2, 0.25) is 0 Å². The Kier molecular flexibility index (Phi) is 8.02. The number of nitrogens with zero attached hydrogens (tertiary/aromatic N) is 1. The highest BCUT2D eigenvalue weighted by atomic mass is 16.5. The molecule has 2 aliphatic heterocycles. The molecule has 2 aliphatic rings. The molecule has 0 saturated carbocycles. The maximum Gasteiger partial charge on any atom is 0.106 e. The van der Waals surface area contributed by atoms with Gasteiger partial charge in [0.15, 0.2) is 0 Å². The van der Waals surface area contributed by atoms with Crippen LogP contribution in [0.1, 0.15) is 34.1 Å². The first-order valence-corrected chi connectivity index (χ1v) is 6.25. The van der Waals surface area contributed by atoms with Crippen molar-refractivity contribution in [2.24, 2.45) is 0 Å². The summed E-state index contributed by atoms with van der Waals surface area (Å²) in [5.41, 5.74) is 0.188. The summed E-state index contributed by atoms with van der Waals surface area (Å²) in [6.45, 7) is 13.4. The normalized spacial score (nSPS) is 23.0. The minimum atomic E-state index is 0.188. The Morgan fingerprint density at radius 1 is 1.27 bits per heavy atom. The Labute approximate surface area is 95.2 Å². The average Bonchev–Trinajstić information content (AvgIpc) is 2.20. The summed E-state index contributed by atoms with van der Waals surface area (Å²) in [4.78, 5) is 2.34. The molecule has 3 nitrogen and oxygen atoms in total. The van der Waals surface area contributed by atoms with Gasteiger partial charge in [-0.1, -0.05) is 34.1 Å². The Balaban J connectivity index is 0.000000342. The Hall–Kier alpha value is -0.120. The third kappa shape index (κ3) is 4.96. The molecule has 1 N–H and O–H groups in total. The zero-order valence-electron chi connectivity index (χ0n) is 11.1. The SMILES string of the molecule is CC.CCC.CN1CCOC2(CNC2)C1. The summed E-state index contributed by atoms with van der Waals surface area (Å²) in [5.74, 6) is 0. The molecule has 0 aromatic carbocycles. The van der Waals surface area contributed by atoms with Gasteiger partial charge in [0, 0.05) is 26.2 Å². The van der Waals surface area contributed by atoms with Gasteiger partial charge in [-0.15, -0.1) is 0 Å². The second-order valence-corrected chi connectivity index (χ2v) is 4.08. The molecule has 0 atom stereocenters. The monoisotopic (exact) mass is 216 g/mol. The lowest BCUT2D eigenvalue weighted by Gasteiger charge is -2.47. The highest BCUT2D eigenvalue weighted by Crippen LogP contribution is 2.20. The van der Waals surface area contributed by atoms with Crippen molar-refractivity contribution in [3.63, 3.8) is 0 Å². The third-order valence-corrected chi connectivity index (χ3v) is 2.33. The van der Waals surface area contributed by atoms with Crippen molar-refractivity contribution in [2.75, 3.05) is 39.8 Å². The molecule has 1 spiro atoms. The predicted molar refractivity (Wildman–Crippen MR) is 66.4 cm³/mol. The van der Waals surface area contributed by atoms with Crippen molar-refractivity contribution < 1.29 is 4.74 Å². The van der Waals surface area contributed by atoms with Crippen molar-refractivity contribution in [1.29, 1.82) is 0 Å². The van der Waals surface area contributed by atoms with Gasteiger partial charge in [0.05, 0.1) is 6.61 Å². The number of rotatable bonds is 0. The van der Waals surface area contributed by atoms with Gasteiger partial charge in [-0.3, -0.25) is 0 Å². The highest BCUT2D eigenvalue weighted by molar-refractivity contribution is 4.98. The van der Waals surface area contributed by atoms with Gasteiger partial charge >= 0.3 is 0 Å². The number of hydrogen-bond donors (Lipinski definition) is 1. The number of hydrogen-bond acceptors (Lipinski definition) is 3. The summed E-state index contributed by atoms with van der Waals surface area (Å²) >= 11 is 0. The molecule has 0 aromatic rings. The Morgan fingerprint density at radius 2 is 1.80 bits per heavy atom. The quantitative estimate of drug-likeness (QED) is 0.667. The fourth-order valence-electron chi connectivity index (χ4n) is 1.65. The fourth-order valence-corrected chi connectivity index (χ4v) is 1.65. The fraction of sp³-hybridized carbons (Fsp3) is 1.00. The van der Waals surface area contributed by atoms with Crippen LogP contribution in [-0.4, -0.2) is 50.3 Å². The Bertz CT molecular complexity index is 147. The molecule has 92 valence electrons. The number of morpholine rings is 1. The summed E-state index contributed by atoms with van der Waals surface area (Å²) < 4.78 is 5.67. The third-order valence-electron chi connectivity index (χ3n) is 2.33. The standard InChI is InChI=1S/C7H14N2O.C3H8.C2H6/c1-9-2-3-10-7(6-9)4-8-5-7;1-3-2;1-2/h8H,2-6H2,1H3;3H2,1-2H3;1-2H3. The van der Waals surface area contributed by atoms with E-state index in [1.165, 1.54) is 6.42 Å². The topological polar surface area (TPSA) is 24.5 Å². The molecule has 2 heterocycles. The summed E-state index contributed by atoms with van der Waals surface area (Å²) in [6, 6.07) is 0. The van der Waals surface area contributed by atoms with Gasteiger partial charge < -0.3 is 15.0 Å². The lowest BCUT2D eigenvalue weighted by atomic mass is 9.95. The van der Waals surface area contributed by atoms with Gasteiger partial charge in [0.25, 0.3) is 0 Å². The molecular formula is C12H28N2O. The molecule has 0 bridgehead atoms. The van der Waals surface area contributed by atoms with E-state index < -0.39 is 0 Å². The number of likely N-dealkylation sites (N-methyl/N-ethyl adjacent to an activating group) is 1. The first-order chi connectivity index (χ1) is 7.22. The average molecular weight is 216 g/mol. The van der Waals surface area contributed by atoms with Crippen molar-refractivity contribution >= 4 is 0 Å². The number of ether oxygens (including phenoxy) is 1. The molecule has 0 aromatic heterocycles. The summed E-state index contributed by atoms with van der Waals surface area (Å²) in [6.07, 6.45) is 1.25. The smallest absolute Gasteiger partial charge is 0.106 e. The van der Waals surface area contributed by atoms with E-state index in [1.807, 2.05) is 13.8 Å². The van der Waals surface area contributed by atoms with Crippen LogP contribution >= 0.6 is 0 Å². The van der Waals surface area contributed by atoms with Crippen LogP contribution in [0.5, 0.6) is 0 Å². The minimum Gasteiger partial charge on any atom is -0.370 e. The van der Waals surface area contributed by atoms with E-state index >= 15 is 0 Å². The molecule has 0 unspecified atom stereocenters. The molecular weight excluding hydrogens is 188 g/mol. The van der Waals surface area contributed by atoms with Crippen LogP contribution in [0.2, 0.25) is 0 Å². The summed E-state index contributed by atoms with van der Waals surface area (Å²) in [5, 5.41) is 3.24. The zero-order chi connectivity index (χ0) is 11.7. The van der Waals surface area contributed by atoms with E-state index in [9.17, 15) is 0 Å². The van der Waals surface area contributed by atoms with Gasteiger partial charge in [-0.25, -0.2) is 0 Å². The van der Waals surface area contributed by atoms with Crippen LogP contribution in [0.4, 0.5) is 0 Å². The second-order valence-electron chi connectivity index (χ2n) is 4.08. The molecule has 3 heteroatoms. The Morgan fingerprint density at radius 3 is 2.07 bits per heavy atom. The zero-order valence-corrected chi connectivity index (χ0v) is 11.1. The molecule has 0 amide bonds. The van der Waals surface area contributed by atoms with Crippen molar-refractivity contribution in [2.45, 2.75) is 39.7 Å². The van der Waals surface area contributed by atoms with E-state index in [1.54, 1.807) is 0 Å². The number of nitrogens with one attached hydrogen (secondary N) is 1. The van der Waals surface area contributed by atoms with E-state index in [4.69, 9.17) is 4.74 Å². The van der Waals surface area contributed by atoms with Gasteiger partial charge in [-0.05, 0) is 7.05 Å². The summed E-state index contributed by atoms with van der Waals surface area (Å²) in [7, 11) is 2.16.